The summed E-state index contributed by atoms with van der Waals surface area (Å²) in [6, 6.07) is 25.8. The Kier molecular flexibility index (Phi) is 11.2. The molecule has 45 heavy (non-hydrogen) atoms. The summed E-state index contributed by atoms with van der Waals surface area (Å²) in [4.78, 5) is 27.1. The molecule has 11 heteroatoms. The molecule has 0 bridgehead atoms. The van der Waals surface area contributed by atoms with Crippen molar-refractivity contribution in [3.8, 4) is 0 Å². The van der Waals surface area contributed by atoms with E-state index in [-0.39, 0.29) is 29.4 Å². The fraction of sp³-hybridized carbons (Fsp3) is 0.294. The molecule has 0 radical (unpaired) electrons. The van der Waals surface area contributed by atoms with Gasteiger partial charge in [-0.1, -0.05) is 60.7 Å². The van der Waals surface area contributed by atoms with Crippen molar-refractivity contribution in [2.24, 2.45) is 0 Å². The molecule has 238 valence electrons. The lowest BCUT2D eigenvalue weighted by atomic mass is 10.00. The van der Waals surface area contributed by atoms with Gasteiger partial charge < -0.3 is 25.5 Å². The van der Waals surface area contributed by atoms with Gasteiger partial charge in [-0.25, -0.2) is 8.42 Å². The van der Waals surface area contributed by atoms with E-state index in [1.54, 1.807) is 0 Å². The number of hydrogen-bond acceptors (Lipinski definition) is 7. The molecule has 1 heterocycles. The quantitative estimate of drug-likeness (QED) is 0.165. The number of carbonyl (C=O) groups excluding carboxylic acids is 2. The maximum atomic E-state index is 13.7. The number of carbonyl (C=O) groups is 2. The first kappa shape index (κ1) is 33.4. The van der Waals surface area contributed by atoms with E-state index in [1.165, 1.54) is 25.2 Å². The molecule has 3 atom stereocenters. The Labute approximate surface area is 264 Å². The van der Waals surface area contributed by atoms with Gasteiger partial charge in [-0.3, -0.25) is 13.9 Å². The molecule has 0 saturated heterocycles. The summed E-state index contributed by atoms with van der Waals surface area (Å²) in [7, 11) is -2.35. The first-order valence-corrected chi connectivity index (χ1v) is 16.5. The summed E-state index contributed by atoms with van der Waals surface area (Å²) < 4.78 is 31.4. The number of anilines is 1. The molecule has 0 spiro atoms. The van der Waals surface area contributed by atoms with Gasteiger partial charge in [0.05, 0.1) is 36.7 Å². The Morgan fingerprint density at radius 1 is 0.889 bits per heavy atom. The number of hydrogen-bond donors (Lipinski definition) is 4. The lowest BCUT2D eigenvalue weighted by molar-refractivity contribution is 0.0829. The Balaban J connectivity index is 1.58. The summed E-state index contributed by atoms with van der Waals surface area (Å²) in [6.45, 7) is 4.26. The van der Waals surface area contributed by atoms with Crippen LogP contribution in [0.2, 0.25) is 0 Å². The number of sulfonamides is 1. The van der Waals surface area contributed by atoms with Gasteiger partial charge in [0.2, 0.25) is 10.0 Å². The number of benzene rings is 3. The minimum absolute atomic E-state index is 0.0739. The largest absolute Gasteiger partial charge is 0.465 e. The van der Waals surface area contributed by atoms with E-state index >= 15 is 0 Å². The molecule has 0 aliphatic carbocycles. The highest BCUT2D eigenvalue weighted by molar-refractivity contribution is 7.92. The van der Waals surface area contributed by atoms with Crippen molar-refractivity contribution < 1.29 is 27.5 Å². The van der Waals surface area contributed by atoms with Crippen LogP contribution in [0.15, 0.2) is 95.4 Å². The standard InChI is InChI=1S/C34H40N4O6S/c1-23-15-16-30(44-23)21-35-22-32(39)31(17-25-11-7-5-8-12-25)37-34(41)28-18-27(19-29(20-28)38(3)45(4,42)43)33(40)36-24(2)26-13-9-6-10-14-26/h5-16,18-20,24,31-32,35,39H,17,21-22H2,1-4H3,(H,36,40)(H,37,41)/t24-,31+,32-/m1/s1. The maximum Gasteiger partial charge on any atom is 0.251 e. The summed E-state index contributed by atoms with van der Waals surface area (Å²) >= 11 is 0. The first-order valence-electron chi connectivity index (χ1n) is 14.6. The van der Waals surface area contributed by atoms with E-state index in [4.69, 9.17) is 4.42 Å². The molecule has 0 aliphatic rings. The molecule has 10 nitrogen and oxygen atoms in total. The van der Waals surface area contributed by atoms with Crippen molar-refractivity contribution in [2.75, 3.05) is 24.2 Å². The number of aliphatic hydroxyl groups is 1. The predicted molar refractivity (Wildman–Crippen MR) is 175 cm³/mol. The minimum atomic E-state index is -3.70. The molecule has 4 aromatic rings. The van der Waals surface area contributed by atoms with Gasteiger partial charge in [-0.2, -0.15) is 0 Å². The van der Waals surface area contributed by atoms with E-state index in [2.05, 4.69) is 16.0 Å². The second-order valence-electron chi connectivity index (χ2n) is 11.1. The molecule has 0 aliphatic heterocycles. The molecule has 4 rings (SSSR count). The average molecular weight is 633 g/mol. The van der Waals surface area contributed by atoms with Crippen LogP contribution >= 0.6 is 0 Å². The molecule has 0 fully saturated rings. The van der Waals surface area contributed by atoms with Crippen molar-refractivity contribution in [3.05, 3.63) is 125 Å². The van der Waals surface area contributed by atoms with Crippen molar-refractivity contribution in [1.82, 2.24) is 16.0 Å². The van der Waals surface area contributed by atoms with Gasteiger partial charge in [-0.05, 0) is 61.7 Å². The number of rotatable bonds is 14. The van der Waals surface area contributed by atoms with E-state index in [0.717, 1.165) is 33.2 Å². The maximum absolute atomic E-state index is 13.7. The number of nitrogens with one attached hydrogen (secondary N) is 3. The third-order valence-electron chi connectivity index (χ3n) is 7.48. The van der Waals surface area contributed by atoms with Crippen LogP contribution in [0.3, 0.4) is 0 Å². The van der Waals surface area contributed by atoms with Crippen molar-refractivity contribution in [3.63, 3.8) is 0 Å². The molecule has 2 amide bonds. The number of furan rings is 1. The molecule has 0 saturated carbocycles. The second-order valence-corrected chi connectivity index (χ2v) is 13.1. The van der Waals surface area contributed by atoms with Crippen molar-refractivity contribution >= 4 is 27.5 Å². The number of nitrogens with zero attached hydrogens (tertiary/aromatic N) is 1. The van der Waals surface area contributed by atoms with Crippen molar-refractivity contribution in [2.45, 2.75) is 45.0 Å². The van der Waals surface area contributed by atoms with Crippen LogP contribution in [0.25, 0.3) is 0 Å². The van der Waals surface area contributed by atoms with Crippen molar-refractivity contribution in [1.29, 1.82) is 0 Å². The van der Waals surface area contributed by atoms with E-state index < -0.39 is 34.0 Å². The van der Waals surface area contributed by atoms with Crippen LogP contribution in [-0.4, -0.2) is 57.3 Å². The third-order valence-corrected chi connectivity index (χ3v) is 8.68. The van der Waals surface area contributed by atoms with Gasteiger partial charge >= 0.3 is 0 Å². The van der Waals surface area contributed by atoms with Crippen LogP contribution in [0.1, 0.15) is 56.3 Å². The monoisotopic (exact) mass is 632 g/mol. The van der Waals surface area contributed by atoms with Gasteiger partial charge in [-0.15, -0.1) is 0 Å². The smallest absolute Gasteiger partial charge is 0.251 e. The van der Waals surface area contributed by atoms with Gasteiger partial charge in [0.15, 0.2) is 0 Å². The van der Waals surface area contributed by atoms with Gasteiger partial charge in [0.1, 0.15) is 11.5 Å². The highest BCUT2D eigenvalue weighted by atomic mass is 32.2. The topological polar surface area (TPSA) is 141 Å². The second kappa shape index (κ2) is 15.0. The Hall–Kier alpha value is -4.45. The third kappa shape index (κ3) is 9.52. The number of aryl methyl sites for hydroxylation is 1. The van der Waals surface area contributed by atoms with E-state index in [9.17, 15) is 23.1 Å². The molecular formula is C34H40N4O6S. The zero-order chi connectivity index (χ0) is 32.6. The number of amides is 2. The van der Waals surface area contributed by atoms with E-state index in [1.807, 2.05) is 86.6 Å². The SMILES string of the molecule is Cc1ccc(CNC[C@@H](O)[C@H](Cc2ccccc2)NC(=O)c2cc(C(=O)N[C@H](C)c3ccccc3)cc(N(C)S(C)(=O)=O)c2)o1. The van der Waals surface area contributed by atoms with Crippen LogP contribution < -0.4 is 20.3 Å². The van der Waals surface area contributed by atoms with Crippen LogP contribution in [0, 0.1) is 6.92 Å². The summed E-state index contributed by atoms with van der Waals surface area (Å²) in [5, 5.41) is 20.2. The molecule has 0 unspecified atom stereocenters. The zero-order valence-corrected chi connectivity index (χ0v) is 26.7. The minimum Gasteiger partial charge on any atom is -0.465 e. The normalized spacial score (nSPS) is 13.4. The summed E-state index contributed by atoms with van der Waals surface area (Å²) in [5.41, 5.74) is 2.14. The van der Waals surface area contributed by atoms with E-state index in [0.29, 0.717) is 13.0 Å². The lowest BCUT2D eigenvalue weighted by Crippen LogP contribution is -2.48. The summed E-state index contributed by atoms with van der Waals surface area (Å²) in [5.74, 6) is 0.475. The van der Waals surface area contributed by atoms with Crippen LogP contribution in [-0.2, 0) is 23.0 Å². The first-order chi connectivity index (χ1) is 21.4. The molecule has 1 aromatic heterocycles. The Morgan fingerprint density at radius 2 is 1.49 bits per heavy atom. The predicted octanol–water partition coefficient (Wildman–Crippen LogP) is 3.97. The molecule has 3 aromatic carbocycles. The number of aliphatic hydroxyl groups excluding tert-OH is 1. The van der Waals surface area contributed by atoms with Crippen LogP contribution in [0.4, 0.5) is 5.69 Å². The summed E-state index contributed by atoms with van der Waals surface area (Å²) in [6.07, 6.45) is 0.391. The average Bonchev–Trinajstić information content (AvgIpc) is 3.44. The fourth-order valence-electron chi connectivity index (χ4n) is 4.82. The van der Waals surface area contributed by atoms with Gasteiger partial charge in [0, 0.05) is 24.7 Å². The van der Waals surface area contributed by atoms with Crippen LogP contribution in [0.5, 0.6) is 0 Å². The molecular weight excluding hydrogens is 592 g/mol. The Bertz CT molecular complexity index is 1690. The lowest BCUT2D eigenvalue weighted by Gasteiger charge is -2.25. The highest BCUT2D eigenvalue weighted by Gasteiger charge is 2.25. The zero-order valence-electron chi connectivity index (χ0n) is 25.9. The highest BCUT2D eigenvalue weighted by Crippen LogP contribution is 2.22. The fourth-order valence-corrected chi connectivity index (χ4v) is 5.31. The van der Waals surface area contributed by atoms with Gasteiger partial charge in [0.25, 0.3) is 11.8 Å². The Morgan fingerprint density at radius 3 is 2.07 bits per heavy atom. The molecule has 4 N–H and O–H groups in total.